The lowest BCUT2D eigenvalue weighted by Crippen LogP contribution is -2.47. The van der Waals surface area contributed by atoms with Crippen molar-refractivity contribution in [2.45, 2.75) is 27.2 Å². The van der Waals surface area contributed by atoms with Gasteiger partial charge in [0.1, 0.15) is 17.9 Å². The van der Waals surface area contributed by atoms with E-state index in [1.54, 1.807) is 13.4 Å². The molecule has 3 heterocycles. The fraction of sp³-hybridized carbons (Fsp3) is 0.393. The van der Waals surface area contributed by atoms with Crippen molar-refractivity contribution < 1.29 is 4.74 Å². The minimum Gasteiger partial charge on any atom is -0.497 e. The first-order chi connectivity index (χ1) is 17.5. The molecule has 0 atom stereocenters. The van der Waals surface area contributed by atoms with Gasteiger partial charge in [-0.05, 0) is 75.2 Å². The van der Waals surface area contributed by atoms with Gasteiger partial charge in [-0.15, -0.1) is 0 Å². The number of hydrogen-bond donors (Lipinski definition) is 1. The highest BCUT2D eigenvalue weighted by Crippen LogP contribution is 2.26. The zero-order valence-corrected chi connectivity index (χ0v) is 21.7. The Bertz CT molecular complexity index is 1320. The van der Waals surface area contributed by atoms with E-state index in [0.717, 1.165) is 79.9 Å². The van der Waals surface area contributed by atoms with Crippen molar-refractivity contribution in [3.63, 3.8) is 0 Å². The minimum absolute atomic E-state index is 0.787. The average molecular weight is 486 g/mol. The van der Waals surface area contributed by atoms with Crippen molar-refractivity contribution in [3.8, 4) is 11.4 Å². The molecule has 1 aliphatic rings. The van der Waals surface area contributed by atoms with E-state index >= 15 is 0 Å². The van der Waals surface area contributed by atoms with E-state index < -0.39 is 0 Å². The first-order valence-electron chi connectivity index (χ1n) is 12.7. The van der Waals surface area contributed by atoms with Crippen LogP contribution in [0.4, 0.5) is 11.5 Å². The van der Waals surface area contributed by atoms with E-state index in [4.69, 9.17) is 9.72 Å². The smallest absolute Gasteiger partial charge is 0.170 e. The van der Waals surface area contributed by atoms with Gasteiger partial charge in [0, 0.05) is 44.1 Å². The topological polar surface area (TPSA) is 71.3 Å². The number of ether oxygens (including phenoxy) is 1. The van der Waals surface area contributed by atoms with E-state index in [9.17, 15) is 0 Å². The van der Waals surface area contributed by atoms with Crippen LogP contribution in [-0.4, -0.2) is 70.8 Å². The highest BCUT2D eigenvalue weighted by molar-refractivity contribution is 5.84. The average Bonchev–Trinajstić information content (AvgIpc) is 3.25. The summed E-state index contributed by atoms with van der Waals surface area (Å²) in [4.78, 5) is 18.9. The van der Waals surface area contributed by atoms with Crippen LogP contribution < -0.4 is 15.0 Å². The van der Waals surface area contributed by atoms with Gasteiger partial charge in [0.25, 0.3) is 0 Å². The first kappa shape index (κ1) is 24.1. The number of fused-ring (bicyclic) bond motifs is 1. The SMILES string of the molecule is COc1ccc(-n2c(C)nc3c(NCCCN4CCN(c5cccc(C)c5C)CC4)ncnc32)cc1. The highest BCUT2D eigenvalue weighted by Gasteiger charge is 2.19. The van der Waals surface area contributed by atoms with Crippen molar-refractivity contribution >= 4 is 22.7 Å². The number of rotatable bonds is 8. The monoisotopic (exact) mass is 485 g/mol. The van der Waals surface area contributed by atoms with Crippen molar-refractivity contribution in [1.82, 2.24) is 24.4 Å². The van der Waals surface area contributed by atoms with E-state index in [1.807, 2.05) is 31.2 Å². The summed E-state index contributed by atoms with van der Waals surface area (Å²) in [5, 5.41) is 3.50. The number of methoxy groups -OCH3 is 1. The first-order valence-corrected chi connectivity index (χ1v) is 12.7. The number of hydrogen-bond acceptors (Lipinski definition) is 7. The highest BCUT2D eigenvalue weighted by atomic mass is 16.5. The second kappa shape index (κ2) is 10.5. The molecule has 188 valence electrons. The molecule has 8 nitrogen and oxygen atoms in total. The Morgan fingerprint density at radius 3 is 2.47 bits per heavy atom. The Labute approximate surface area is 212 Å². The van der Waals surface area contributed by atoms with E-state index in [2.05, 4.69) is 61.7 Å². The number of aromatic nitrogens is 4. The molecule has 2 aromatic heterocycles. The molecule has 1 saturated heterocycles. The maximum absolute atomic E-state index is 5.29. The summed E-state index contributed by atoms with van der Waals surface area (Å²) in [5.74, 6) is 2.49. The normalized spacial score (nSPS) is 14.4. The molecule has 8 heteroatoms. The number of piperazine rings is 1. The molecule has 0 spiro atoms. The molecule has 1 fully saturated rings. The number of aryl methyl sites for hydroxylation is 2. The lowest BCUT2D eigenvalue weighted by molar-refractivity contribution is 0.257. The summed E-state index contributed by atoms with van der Waals surface area (Å²) in [6.45, 7) is 12.7. The van der Waals surface area contributed by atoms with Gasteiger partial charge in [-0.25, -0.2) is 15.0 Å². The van der Waals surface area contributed by atoms with Crippen LogP contribution in [0.2, 0.25) is 0 Å². The number of anilines is 2. The zero-order chi connectivity index (χ0) is 25.1. The number of imidazole rings is 1. The van der Waals surface area contributed by atoms with Crippen molar-refractivity contribution in [1.29, 1.82) is 0 Å². The Balaban J connectivity index is 1.17. The van der Waals surface area contributed by atoms with Gasteiger partial charge in [0.05, 0.1) is 7.11 Å². The molecule has 0 radical (unpaired) electrons. The Hall–Kier alpha value is -3.65. The summed E-state index contributed by atoms with van der Waals surface area (Å²) in [6, 6.07) is 14.5. The van der Waals surface area contributed by atoms with Crippen LogP contribution in [0.15, 0.2) is 48.8 Å². The van der Waals surface area contributed by atoms with Crippen LogP contribution in [0.3, 0.4) is 0 Å². The predicted molar refractivity (Wildman–Crippen MR) is 146 cm³/mol. The summed E-state index contributed by atoms with van der Waals surface area (Å²) in [7, 11) is 1.67. The molecular weight excluding hydrogens is 450 g/mol. The molecule has 2 aromatic carbocycles. The molecule has 0 saturated carbocycles. The van der Waals surface area contributed by atoms with Gasteiger partial charge in [-0.1, -0.05) is 12.1 Å². The van der Waals surface area contributed by atoms with Crippen molar-refractivity contribution in [2.75, 3.05) is 56.6 Å². The molecule has 0 bridgehead atoms. The molecule has 0 unspecified atom stereocenters. The lowest BCUT2D eigenvalue weighted by atomic mass is 10.1. The van der Waals surface area contributed by atoms with Crippen LogP contribution in [0.5, 0.6) is 5.75 Å². The van der Waals surface area contributed by atoms with Gasteiger partial charge in [-0.2, -0.15) is 0 Å². The van der Waals surface area contributed by atoms with Crippen LogP contribution in [0.1, 0.15) is 23.4 Å². The summed E-state index contributed by atoms with van der Waals surface area (Å²) in [6.07, 6.45) is 2.66. The third kappa shape index (κ3) is 4.86. The fourth-order valence-electron chi connectivity index (χ4n) is 4.97. The summed E-state index contributed by atoms with van der Waals surface area (Å²) in [5.41, 5.74) is 6.75. The van der Waals surface area contributed by atoms with E-state index in [-0.39, 0.29) is 0 Å². The molecule has 0 aliphatic carbocycles. The van der Waals surface area contributed by atoms with Gasteiger partial charge in [0.15, 0.2) is 17.0 Å². The minimum atomic E-state index is 0.787. The van der Waals surface area contributed by atoms with Crippen LogP contribution in [0, 0.1) is 20.8 Å². The van der Waals surface area contributed by atoms with Crippen LogP contribution in [0.25, 0.3) is 16.9 Å². The number of nitrogens with zero attached hydrogens (tertiary/aromatic N) is 6. The molecule has 0 amide bonds. The van der Waals surface area contributed by atoms with Gasteiger partial charge < -0.3 is 15.0 Å². The standard InChI is InChI=1S/C28H35N7O/c1-20-7-5-8-25(21(20)2)34-17-15-33(16-18-34)14-6-13-29-27-26-28(31-19-30-27)35(22(3)32-26)23-9-11-24(36-4)12-10-23/h5,7-12,19H,6,13-18H2,1-4H3,(H,29,30,31). The Kier molecular flexibility index (Phi) is 7.04. The van der Waals surface area contributed by atoms with Gasteiger partial charge >= 0.3 is 0 Å². The maximum atomic E-state index is 5.29. The van der Waals surface area contributed by atoms with E-state index in [1.165, 1.54) is 16.8 Å². The maximum Gasteiger partial charge on any atom is 0.170 e. The summed E-state index contributed by atoms with van der Waals surface area (Å²) < 4.78 is 7.34. The Morgan fingerprint density at radius 1 is 0.944 bits per heavy atom. The molecule has 5 rings (SSSR count). The predicted octanol–water partition coefficient (Wildman–Crippen LogP) is 4.37. The third-order valence-electron chi connectivity index (χ3n) is 7.18. The molecule has 4 aromatic rings. The second-order valence-electron chi connectivity index (χ2n) is 9.41. The van der Waals surface area contributed by atoms with Crippen LogP contribution >= 0.6 is 0 Å². The third-order valence-corrected chi connectivity index (χ3v) is 7.18. The Morgan fingerprint density at radius 2 is 1.72 bits per heavy atom. The van der Waals surface area contributed by atoms with Crippen LogP contribution in [-0.2, 0) is 0 Å². The molecule has 1 aliphatic heterocycles. The van der Waals surface area contributed by atoms with Crippen molar-refractivity contribution in [2.24, 2.45) is 0 Å². The van der Waals surface area contributed by atoms with E-state index in [0.29, 0.717) is 0 Å². The molecule has 1 N–H and O–H groups in total. The summed E-state index contributed by atoms with van der Waals surface area (Å²) >= 11 is 0. The van der Waals surface area contributed by atoms with Gasteiger partial charge in [-0.3, -0.25) is 9.47 Å². The lowest BCUT2D eigenvalue weighted by Gasteiger charge is -2.37. The van der Waals surface area contributed by atoms with Crippen molar-refractivity contribution in [3.05, 3.63) is 65.7 Å². The largest absolute Gasteiger partial charge is 0.497 e. The second-order valence-corrected chi connectivity index (χ2v) is 9.41. The van der Waals surface area contributed by atoms with Gasteiger partial charge in [0.2, 0.25) is 0 Å². The molecule has 36 heavy (non-hydrogen) atoms. The number of benzene rings is 2. The quantitative estimate of drug-likeness (QED) is 0.372. The molecular formula is C28H35N7O. The number of nitrogens with one attached hydrogen (secondary N) is 1. The fourth-order valence-corrected chi connectivity index (χ4v) is 4.97. The zero-order valence-electron chi connectivity index (χ0n) is 21.7.